The normalized spacial score (nSPS) is 22.4. The van der Waals surface area contributed by atoms with Crippen LogP contribution in [0.25, 0.3) is 0 Å². The molecule has 1 fully saturated rings. The summed E-state index contributed by atoms with van der Waals surface area (Å²) in [6.45, 7) is 4.37. The van der Waals surface area contributed by atoms with E-state index < -0.39 is 12.2 Å². The molecule has 0 aromatic carbocycles. The van der Waals surface area contributed by atoms with Crippen molar-refractivity contribution in [3.8, 4) is 0 Å². The average molecular weight is 214 g/mol. The van der Waals surface area contributed by atoms with E-state index in [0.717, 1.165) is 25.7 Å². The predicted molar refractivity (Wildman–Crippen MR) is 62.7 cm³/mol. The van der Waals surface area contributed by atoms with E-state index in [0.29, 0.717) is 11.8 Å². The van der Waals surface area contributed by atoms with Crippen molar-refractivity contribution in [3.63, 3.8) is 0 Å². The molecular formula is C13H26O2. The molecule has 1 aliphatic carbocycles. The van der Waals surface area contributed by atoms with E-state index in [4.69, 9.17) is 0 Å². The minimum atomic E-state index is -0.487. The molecule has 3 unspecified atom stereocenters. The fraction of sp³-hybridized carbons (Fsp3) is 1.00. The van der Waals surface area contributed by atoms with Crippen LogP contribution < -0.4 is 0 Å². The van der Waals surface area contributed by atoms with Gasteiger partial charge in [0, 0.05) is 0 Å². The highest BCUT2D eigenvalue weighted by atomic mass is 16.3. The molecule has 0 aromatic rings. The summed E-state index contributed by atoms with van der Waals surface area (Å²) in [5.41, 5.74) is 0. The molecule has 90 valence electrons. The van der Waals surface area contributed by atoms with Gasteiger partial charge in [-0.15, -0.1) is 0 Å². The summed E-state index contributed by atoms with van der Waals surface area (Å²) in [6.07, 6.45) is 6.82. The van der Waals surface area contributed by atoms with Crippen molar-refractivity contribution >= 4 is 0 Å². The second-order valence-corrected chi connectivity index (χ2v) is 5.05. The third-order valence-corrected chi connectivity index (χ3v) is 3.62. The maximum absolute atomic E-state index is 9.88. The molecule has 0 aliphatic heterocycles. The Morgan fingerprint density at radius 3 is 2.33 bits per heavy atom. The molecule has 0 saturated heterocycles. The molecule has 2 N–H and O–H groups in total. The smallest absolute Gasteiger partial charge is 0.0827 e. The molecule has 0 bridgehead atoms. The first-order valence-corrected chi connectivity index (χ1v) is 6.55. The van der Waals surface area contributed by atoms with Crippen molar-refractivity contribution in [2.24, 2.45) is 11.8 Å². The Labute approximate surface area is 93.7 Å². The van der Waals surface area contributed by atoms with Crippen LogP contribution in [-0.4, -0.2) is 22.4 Å². The summed E-state index contributed by atoms with van der Waals surface area (Å²) in [5.74, 6) is 0.983. The van der Waals surface area contributed by atoms with Gasteiger partial charge < -0.3 is 10.2 Å². The number of hydrogen-bond acceptors (Lipinski definition) is 2. The molecule has 2 heteroatoms. The van der Waals surface area contributed by atoms with Crippen molar-refractivity contribution < 1.29 is 10.2 Å². The van der Waals surface area contributed by atoms with E-state index >= 15 is 0 Å². The molecule has 0 spiro atoms. The summed E-state index contributed by atoms with van der Waals surface area (Å²) in [5, 5.41) is 19.7. The number of unbranched alkanes of at least 4 members (excludes halogenated alkanes) is 1. The van der Waals surface area contributed by atoms with Gasteiger partial charge in [-0.25, -0.2) is 0 Å². The monoisotopic (exact) mass is 214 g/mol. The van der Waals surface area contributed by atoms with Crippen LogP contribution in [0, 0.1) is 11.8 Å². The molecule has 0 radical (unpaired) electrons. The van der Waals surface area contributed by atoms with E-state index in [1.165, 1.54) is 19.3 Å². The fourth-order valence-electron chi connectivity index (χ4n) is 2.21. The summed E-state index contributed by atoms with van der Waals surface area (Å²) >= 11 is 0. The average Bonchev–Trinajstić information content (AvgIpc) is 3.06. The van der Waals surface area contributed by atoms with Crippen LogP contribution in [-0.2, 0) is 0 Å². The lowest BCUT2D eigenvalue weighted by Crippen LogP contribution is -2.29. The predicted octanol–water partition coefficient (Wildman–Crippen LogP) is 2.72. The number of aliphatic hydroxyl groups excluding tert-OH is 2. The Morgan fingerprint density at radius 1 is 1.20 bits per heavy atom. The van der Waals surface area contributed by atoms with Crippen LogP contribution in [0.5, 0.6) is 0 Å². The summed E-state index contributed by atoms with van der Waals surface area (Å²) in [7, 11) is 0. The minimum Gasteiger partial charge on any atom is -0.390 e. The SMILES string of the molecule is CCCCC(CC)CC(O)C(O)C1CC1. The van der Waals surface area contributed by atoms with Crippen LogP contribution >= 0.6 is 0 Å². The van der Waals surface area contributed by atoms with E-state index in [-0.39, 0.29) is 0 Å². The van der Waals surface area contributed by atoms with E-state index in [1.54, 1.807) is 0 Å². The number of hydrogen-bond donors (Lipinski definition) is 2. The van der Waals surface area contributed by atoms with E-state index in [1.807, 2.05) is 0 Å². The molecule has 0 amide bonds. The van der Waals surface area contributed by atoms with Gasteiger partial charge in [-0.05, 0) is 31.1 Å². The Morgan fingerprint density at radius 2 is 1.87 bits per heavy atom. The highest BCUT2D eigenvalue weighted by Gasteiger charge is 2.34. The van der Waals surface area contributed by atoms with Gasteiger partial charge in [0.25, 0.3) is 0 Å². The largest absolute Gasteiger partial charge is 0.390 e. The van der Waals surface area contributed by atoms with Crippen molar-refractivity contribution in [1.82, 2.24) is 0 Å². The molecule has 15 heavy (non-hydrogen) atoms. The van der Waals surface area contributed by atoms with Gasteiger partial charge in [-0.1, -0.05) is 39.5 Å². The zero-order valence-corrected chi connectivity index (χ0v) is 10.2. The zero-order valence-electron chi connectivity index (χ0n) is 10.2. The number of rotatable bonds is 8. The molecule has 0 heterocycles. The Hall–Kier alpha value is -0.0800. The lowest BCUT2D eigenvalue weighted by Gasteiger charge is -2.22. The first kappa shape index (κ1) is 13.0. The van der Waals surface area contributed by atoms with Gasteiger partial charge in [0.15, 0.2) is 0 Å². The first-order valence-electron chi connectivity index (χ1n) is 6.55. The Bertz CT molecular complexity index is 166. The quantitative estimate of drug-likeness (QED) is 0.652. The summed E-state index contributed by atoms with van der Waals surface area (Å²) < 4.78 is 0. The van der Waals surface area contributed by atoms with Gasteiger partial charge in [0.1, 0.15) is 0 Å². The van der Waals surface area contributed by atoms with Crippen LogP contribution in [0.1, 0.15) is 58.8 Å². The van der Waals surface area contributed by atoms with Crippen LogP contribution in [0.3, 0.4) is 0 Å². The molecule has 1 saturated carbocycles. The van der Waals surface area contributed by atoms with E-state index in [2.05, 4.69) is 13.8 Å². The summed E-state index contributed by atoms with van der Waals surface area (Å²) in [4.78, 5) is 0. The van der Waals surface area contributed by atoms with Crippen molar-refractivity contribution in [3.05, 3.63) is 0 Å². The fourth-order valence-corrected chi connectivity index (χ4v) is 2.21. The lowest BCUT2D eigenvalue weighted by molar-refractivity contribution is -0.00842. The third-order valence-electron chi connectivity index (χ3n) is 3.62. The van der Waals surface area contributed by atoms with E-state index in [9.17, 15) is 10.2 Å². The Balaban J connectivity index is 2.22. The van der Waals surface area contributed by atoms with Crippen molar-refractivity contribution in [2.45, 2.75) is 71.0 Å². The highest BCUT2D eigenvalue weighted by Crippen LogP contribution is 2.35. The molecule has 3 atom stereocenters. The maximum atomic E-state index is 9.88. The second kappa shape index (κ2) is 6.49. The van der Waals surface area contributed by atoms with Gasteiger partial charge in [-0.3, -0.25) is 0 Å². The zero-order chi connectivity index (χ0) is 11.3. The van der Waals surface area contributed by atoms with Gasteiger partial charge in [0.2, 0.25) is 0 Å². The van der Waals surface area contributed by atoms with Crippen molar-refractivity contribution in [2.75, 3.05) is 0 Å². The molecule has 1 rings (SSSR count). The first-order chi connectivity index (χ1) is 7.19. The molecular weight excluding hydrogens is 188 g/mol. The van der Waals surface area contributed by atoms with Crippen LogP contribution in [0.15, 0.2) is 0 Å². The second-order valence-electron chi connectivity index (χ2n) is 5.05. The van der Waals surface area contributed by atoms with Gasteiger partial charge in [0.05, 0.1) is 12.2 Å². The molecule has 2 nitrogen and oxygen atoms in total. The summed E-state index contributed by atoms with van der Waals surface area (Å²) in [6, 6.07) is 0. The minimum absolute atomic E-state index is 0.392. The van der Waals surface area contributed by atoms with Crippen molar-refractivity contribution in [1.29, 1.82) is 0 Å². The van der Waals surface area contributed by atoms with Gasteiger partial charge >= 0.3 is 0 Å². The lowest BCUT2D eigenvalue weighted by atomic mass is 9.90. The maximum Gasteiger partial charge on any atom is 0.0827 e. The molecule has 0 aromatic heterocycles. The van der Waals surface area contributed by atoms with Crippen LogP contribution in [0.2, 0.25) is 0 Å². The molecule has 1 aliphatic rings. The Kier molecular flexibility index (Phi) is 5.62. The number of aliphatic hydroxyl groups is 2. The topological polar surface area (TPSA) is 40.5 Å². The third kappa shape index (κ3) is 4.52. The van der Waals surface area contributed by atoms with Crippen LogP contribution in [0.4, 0.5) is 0 Å². The standard InChI is InChI=1S/C13H26O2/c1-3-5-6-10(4-2)9-12(14)13(15)11-7-8-11/h10-15H,3-9H2,1-2H3. The highest BCUT2D eigenvalue weighted by molar-refractivity contribution is 4.86. The van der Waals surface area contributed by atoms with Gasteiger partial charge in [-0.2, -0.15) is 0 Å².